The number of nitrogens with zero attached hydrogens (tertiary/aromatic N) is 1. The Labute approximate surface area is 163 Å². The van der Waals surface area contributed by atoms with Gasteiger partial charge in [-0.3, -0.25) is 14.6 Å². The maximum atomic E-state index is 13.4. The summed E-state index contributed by atoms with van der Waals surface area (Å²) in [6, 6.07) is 3.45. The molecule has 3 rings (SSSR count). The van der Waals surface area contributed by atoms with Gasteiger partial charge in [-0.2, -0.15) is 13.2 Å². The summed E-state index contributed by atoms with van der Waals surface area (Å²) in [6.45, 7) is 4.26. The van der Waals surface area contributed by atoms with Crippen LogP contribution in [0.2, 0.25) is 0 Å². The number of hydrazine groups is 1. The highest BCUT2D eigenvalue weighted by Gasteiger charge is 2.50. The summed E-state index contributed by atoms with van der Waals surface area (Å²) in [4.78, 5) is 24.6. The molecular weight excluding hydrogens is 370 g/mol. The number of nitrogens with one attached hydrogen (secondary N) is 2. The van der Waals surface area contributed by atoms with Crippen molar-refractivity contribution in [2.24, 2.45) is 11.3 Å². The van der Waals surface area contributed by atoms with Crippen LogP contribution in [0, 0.1) is 11.3 Å². The normalized spacial score (nSPS) is 24.9. The minimum Gasteiger partial charge on any atom is -0.363 e. The second-order valence-electron chi connectivity index (χ2n) is 7.97. The predicted octanol–water partition coefficient (Wildman–Crippen LogP) is 3.13. The SMILES string of the molecule is [B]C(=O)N[C@@H]1CC[C@@](C(=O)N2Cc3cc(C(F)(F)F)ccc3CN2)(C(C)C)C1. The first kappa shape index (κ1) is 20.7. The zero-order chi connectivity index (χ0) is 20.7. The Kier molecular flexibility index (Phi) is 5.49. The van der Waals surface area contributed by atoms with Crippen LogP contribution in [0.4, 0.5) is 18.0 Å². The standard InChI is InChI=1S/C19H23BF3N3O2/c1-11(2)18(6-5-15(8-18)25-17(20)28)16(27)26-10-13-7-14(19(21,22)23)4-3-12(13)9-24-26/h3-4,7,11,15,24H,5-6,8-10H2,1-2H3,(H,25,28)/t15-,18+/m1/s1. The molecule has 2 amide bonds. The fourth-order valence-electron chi connectivity index (χ4n) is 4.31. The summed E-state index contributed by atoms with van der Waals surface area (Å²) < 4.78 is 39.1. The van der Waals surface area contributed by atoms with Crippen molar-refractivity contribution in [1.82, 2.24) is 15.8 Å². The molecule has 0 saturated heterocycles. The minimum absolute atomic E-state index is 0.00406. The van der Waals surface area contributed by atoms with Crippen LogP contribution < -0.4 is 10.7 Å². The van der Waals surface area contributed by atoms with Crippen LogP contribution >= 0.6 is 0 Å². The first-order valence-electron chi connectivity index (χ1n) is 9.33. The molecule has 2 radical (unpaired) electrons. The Hall–Kier alpha value is -2.03. The lowest BCUT2D eigenvalue weighted by atomic mass is 9.74. The average Bonchev–Trinajstić information content (AvgIpc) is 3.03. The number of alkyl halides is 3. The highest BCUT2D eigenvalue weighted by Crippen LogP contribution is 2.46. The largest absolute Gasteiger partial charge is 0.416 e. The molecular formula is C19H23BF3N3O2. The molecule has 0 spiro atoms. The maximum absolute atomic E-state index is 13.4. The molecule has 1 aromatic rings. The van der Waals surface area contributed by atoms with Crippen molar-refractivity contribution in [3.05, 3.63) is 34.9 Å². The van der Waals surface area contributed by atoms with E-state index in [9.17, 15) is 22.8 Å². The van der Waals surface area contributed by atoms with E-state index in [1.165, 1.54) is 11.1 Å². The zero-order valence-corrected chi connectivity index (χ0v) is 15.9. The van der Waals surface area contributed by atoms with Crippen molar-refractivity contribution >= 4 is 19.6 Å². The molecule has 28 heavy (non-hydrogen) atoms. The molecule has 1 heterocycles. The van der Waals surface area contributed by atoms with E-state index in [0.717, 1.165) is 17.7 Å². The van der Waals surface area contributed by atoms with Crippen LogP contribution in [0.25, 0.3) is 0 Å². The molecule has 1 saturated carbocycles. The van der Waals surface area contributed by atoms with E-state index in [1.54, 1.807) is 0 Å². The van der Waals surface area contributed by atoms with Crippen molar-refractivity contribution in [3.8, 4) is 0 Å². The third kappa shape index (κ3) is 3.90. The summed E-state index contributed by atoms with van der Waals surface area (Å²) in [5, 5.41) is 4.10. The Morgan fingerprint density at radius 3 is 2.64 bits per heavy atom. The Balaban J connectivity index is 1.82. The molecule has 150 valence electrons. The first-order chi connectivity index (χ1) is 13.0. The number of amides is 2. The van der Waals surface area contributed by atoms with E-state index in [4.69, 9.17) is 7.85 Å². The van der Waals surface area contributed by atoms with Gasteiger partial charge in [0.15, 0.2) is 5.81 Å². The van der Waals surface area contributed by atoms with Gasteiger partial charge in [0, 0.05) is 12.6 Å². The van der Waals surface area contributed by atoms with Gasteiger partial charge in [0.2, 0.25) is 13.8 Å². The minimum atomic E-state index is -4.42. The third-order valence-corrected chi connectivity index (χ3v) is 5.99. The van der Waals surface area contributed by atoms with Gasteiger partial charge in [0.1, 0.15) is 0 Å². The molecule has 1 aliphatic heterocycles. The maximum Gasteiger partial charge on any atom is 0.416 e. The molecule has 2 atom stereocenters. The fourth-order valence-corrected chi connectivity index (χ4v) is 4.31. The van der Waals surface area contributed by atoms with Gasteiger partial charge < -0.3 is 5.32 Å². The van der Waals surface area contributed by atoms with Crippen molar-refractivity contribution in [2.75, 3.05) is 0 Å². The summed E-state index contributed by atoms with van der Waals surface area (Å²) in [6.07, 6.45) is -2.75. The van der Waals surface area contributed by atoms with Gasteiger partial charge >= 0.3 is 6.18 Å². The molecule has 0 aromatic heterocycles. The first-order valence-corrected chi connectivity index (χ1v) is 9.33. The Bertz CT molecular complexity index is 784. The van der Waals surface area contributed by atoms with E-state index < -0.39 is 23.0 Å². The van der Waals surface area contributed by atoms with Crippen LogP contribution in [-0.2, 0) is 24.1 Å². The van der Waals surface area contributed by atoms with Crippen molar-refractivity contribution in [3.63, 3.8) is 0 Å². The molecule has 1 aliphatic carbocycles. The van der Waals surface area contributed by atoms with E-state index >= 15 is 0 Å². The third-order valence-electron chi connectivity index (χ3n) is 5.99. The highest BCUT2D eigenvalue weighted by molar-refractivity contribution is 6.57. The van der Waals surface area contributed by atoms with Gasteiger partial charge in [-0.05, 0) is 48.4 Å². The van der Waals surface area contributed by atoms with Crippen molar-refractivity contribution in [1.29, 1.82) is 0 Å². The monoisotopic (exact) mass is 393 g/mol. The number of carbonyl (C=O) groups is 2. The molecule has 2 aliphatic rings. The molecule has 0 unspecified atom stereocenters. The average molecular weight is 393 g/mol. The summed E-state index contributed by atoms with van der Waals surface area (Å²) >= 11 is 0. The van der Waals surface area contributed by atoms with Gasteiger partial charge in [-0.1, -0.05) is 19.9 Å². The Morgan fingerprint density at radius 2 is 2.04 bits per heavy atom. The van der Waals surface area contributed by atoms with Crippen LogP contribution in [0.3, 0.4) is 0 Å². The number of benzene rings is 1. The molecule has 0 bridgehead atoms. The molecule has 1 fully saturated rings. The van der Waals surface area contributed by atoms with Crippen molar-refractivity contribution in [2.45, 2.75) is 58.4 Å². The number of hydrogen-bond acceptors (Lipinski definition) is 3. The fraction of sp³-hybridized carbons (Fsp3) is 0.579. The Morgan fingerprint density at radius 1 is 1.32 bits per heavy atom. The summed E-state index contributed by atoms with van der Waals surface area (Å²) in [7, 11) is 5.21. The lowest BCUT2D eigenvalue weighted by Crippen LogP contribution is -2.53. The smallest absolute Gasteiger partial charge is 0.363 e. The second-order valence-corrected chi connectivity index (χ2v) is 7.97. The number of hydrogen-bond donors (Lipinski definition) is 2. The zero-order valence-electron chi connectivity index (χ0n) is 15.9. The van der Waals surface area contributed by atoms with Crippen molar-refractivity contribution < 1.29 is 22.8 Å². The van der Waals surface area contributed by atoms with Gasteiger partial charge in [0.05, 0.1) is 17.5 Å². The number of halogens is 3. The molecule has 2 N–H and O–H groups in total. The van der Waals surface area contributed by atoms with Crippen LogP contribution in [0.1, 0.15) is 49.8 Å². The summed E-state index contributed by atoms with van der Waals surface area (Å²) in [5.74, 6) is -0.773. The van der Waals surface area contributed by atoms with Crippen LogP contribution in [-0.4, -0.2) is 30.6 Å². The van der Waals surface area contributed by atoms with E-state index in [0.29, 0.717) is 24.8 Å². The number of rotatable bonds is 3. The van der Waals surface area contributed by atoms with E-state index in [-0.39, 0.29) is 31.0 Å². The van der Waals surface area contributed by atoms with E-state index in [2.05, 4.69) is 10.7 Å². The lowest BCUT2D eigenvalue weighted by Gasteiger charge is -2.40. The van der Waals surface area contributed by atoms with Gasteiger partial charge in [-0.15, -0.1) is 0 Å². The molecule has 1 aromatic carbocycles. The molecule has 9 heteroatoms. The van der Waals surface area contributed by atoms with Gasteiger partial charge in [0.25, 0.3) is 0 Å². The topological polar surface area (TPSA) is 61.4 Å². The van der Waals surface area contributed by atoms with Gasteiger partial charge in [-0.25, -0.2) is 5.43 Å². The molecule has 5 nitrogen and oxygen atoms in total. The lowest BCUT2D eigenvalue weighted by molar-refractivity contribution is -0.150. The number of fused-ring (bicyclic) bond motifs is 1. The quantitative estimate of drug-likeness (QED) is 0.776. The highest BCUT2D eigenvalue weighted by atomic mass is 19.4. The predicted molar refractivity (Wildman–Crippen MR) is 98.0 cm³/mol. The number of carbonyl (C=O) groups excluding carboxylic acids is 2. The van der Waals surface area contributed by atoms with Crippen LogP contribution in [0.5, 0.6) is 0 Å². The van der Waals surface area contributed by atoms with E-state index in [1.807, 2.05) is 13.8 Å². The summed E-state index contributed by atoms with van der Waals surface area (Å²) in [5.41, 5.74) is 2.86. The second kappa shape index (κ2) is 7.42. The van der Waals surface area contributed by atoms with Crippen LogP contribution in [0.15, 0.2) is 18.2 Å².